The number of aromatic nitrogens is 3. The maximum Gasteiger partial charge on any atom is 0.352 e. The molecule has 3 heterocycles. The fourth-order valence-corrected chi connectivity index (χ4v) is 2.91. The quantitative estimate of drug-likeness (QED) is 0.570. The van der Waals surface area contributed by atoms with Crippen molar-refractivity contribution in [2.24, 2.45) is 0 Å². The smallest absolute Gasteiger partial charge is 0.352 e. The zero-order chi connectivity index (χ0) is 13.9. The number of aliphatic hydroxyl groups excluding tert-OH is 1. The van der Waals surface area contributed by atoms with E-state index in [-0.39, 0.29) is 18.8 Å². The number of ether oxygens (including phenoxy) is 1. The van der Waals surface area contributed by atoms with Crippen LogP contribution in [0, 0.1) is 0 Å². The van der Waals surface area contributed by atoms with Gasteiger partial charge in [-0.3, -0.25) is 0 Å². The largest absolute Gasteiger partial charge is 0.394 e. The first-order valence-corrected chi connectivity index (χ1v) is 6.48. The summed E-state index contributed by atoms with van der Waals surface area (Å²) in [6.07, 6.45) is -0.236. The summed E-state index contributed by atoms with van der Waals surface area (Å²) in [5.74, 6) is 0. The number of para-hydroxylation sites is 1. The predicted octanol–water partition coefficient (Wildman–Crippen LogP) is -0.885. The van der Waals surface area contributed by atoms with Gasteiger partial charge < -0.3 is 9.84 Å². The highest BCUT2D eigenvalue weighted by molar-refractivity contribution is 5.30. The van der Waals surface area contributed by atoms with Gasteiger partial charge in [0.1, 0.15) is 18.2 Å². The summed E-state index contributed by atoms with van der Waals surface area (Å²) in [5.41, 5.74) is -0.300. The van der Waals surface area contributed by atoms with Gasteiger partial charge in [0.15, 0.2) is 0 Å². The first-order valence-electron chi connectivity index (χ1n) is 6.48. The standard InChI is InChI=1S/C13H13N3O4/c17-7-9-11-10(20-11)6-14-12(18)15(13(19)16(9)14)8-4-2-1-3-5-8/h1-5,9-11,17H,6-7H2/t9-,10+,11-/m1/s1/i9+1. The molecule has 7 nitrogen and oxygen atoms in total. The molecule has 20 heavy (non-hydrogen) atoms. The van der Waals surface area contributed by atoms with Crippen LogP contribution in [0.2, 0.25) is 0 Å². The molecular formula is C13H13N3O4. The summed E-state index contributed by atoms with van der Waals surface area (Å²) in [6, 6.07) is 8.29. The van der Waals surface area contributed by atoms with Gasteiger partial charge in [-0.05, 0) is 12.1 Å². The highest BCUT2D eigenvalue weighted by Gasteiger charge is 2.51. The van der Waals surface area contributed by atoms with Gasteiger partial charge in [0.25, 0.3) is 0 Å². The molecule has 0 bridgehead atoms. The first kappa shape index (κ1) is 11.7. The van der Waals surface area contributed by atoms with Crippen LogP contribution in [-0.4, -0.2) is 37.9 Å². The average molecular weight is 276 g/mol. The van der Waals surface area contributed by atoms with Crippen molar-refractivity contribution in [1.82, 2.24) is 13.9 Å². The van der Waals surface area contributed by atoms with Crippen LogP contribution in [0.15, 0.2) is 39.9 Å². The fraction of sp³-hybridized carbons (Fsp3) is 0.385. The van der Waals surface area contributed by atoms with Gasteiger partial charge in [0.05, 0.1) is 18.8 Å². The second kappa shape index (κ2) is 3.94. The summed E-state index contributed by atoms with van der Waals surface area (Å²) in [7, 11) is 0. The molecule has 1 N–H and O–H groups in total. The third-order valence-corrected chi connectivity index (χ3v) is 3.93. The van der Waals surface area contributed by atoms with Crippen molar-refractivity contribution in [3.8, 4) is 5.69 Å². The topological polar surface area (TPSA) is 81.7 Å². The molecule has 4 rings (SSSR count). The highest BCUT2D eigenvalue weighted by atomic mass is 16.6. The van der Waals surface area contributed by atoms with E-state index < -0.39 is 17.4 Å². The van der Waals surface area contributed by atoms with Crippen LogP contribution in [0.4, 0.5) is 0 Å². The zero-order valence-electron chi connectivity index (χ0n) is 10.5. The van der Waals surface area contributed by atoms with Gasteiger partial charge in [-0.2, -0.15) is 0 Å². The van der Waals surface area contributed by atoms with Crippen molar-refractivity contribution in [3.05, 3.63) is 51.3 Å². The van der Waals surface area contributed by atoms with E-state index in [0.717, 1.165) is 4.57 Å². The molecule has 1 aromatic carbocycles. The van der Waals surface area contributed by atoms with Crippen LogP contribution in [-0.2, 0) is 11.3 Å². The molecule has 2 aliphatic rings. The maximum absolute atomic E-state index is 12.5. The Morgan fingerprint density at radius 1 is 1.20 bits per heavy atom. The van der Waals surface area contributed by atoms with Crippen molar-refractivity contribution in [2.75, 3.05) is 6.61 Å². The van der Waals surface area contributed by atoms with E-state index in [1.165, 1.54) is 9.36 Å². The number of epoxide rings is 1. The van der Waals surface area contributed by atoms with Crippen molar-refractivity contribution < 1.29 is 9.84 Å². The average Bonchev–Trinajstić information content (AvgIpc) is 3.20. The number of benzene rings is 1. The van der Waals surface area contributed by atoms with Crippen LogP contribution in [0.1, 0.15) is 6.04 Å². The molecule has 7 heteroatoms. The Morgan fingerprint density at radius 2 is 1.95 bits per heavy atom. The van der Waals surface area contributed by atoms with Crippen LogP contribution in [0.3, 0.4) is 0 Å². The second-order valence-electron chi connectivity index (χ2n) is 5.05. The molecule has 0 unspecified atom stereocenters. The van der Waals surface area contributed by atoms with Gasteiger partial charge in [0, 0.05) is 0 Å². The second-order valence-corrected chi connectivity index (χ2v) is 5.05. The number of nitrogens with zero attached hydrogens (tertiary/aromatic N) is 3. The third kappa shape index (κ3) is 1.41. The summed E-state index contributed by atoms with van der Waals surface area (Å²) in [5, 5.41) is 9.47. The molecule has 1 fully saturated rings. The maximum atomic E-state index is 12.5. The van der Waals surface area contributed by atoms with Crippen LogP contribution in [0.5, 0.6) is 0 Å². The monoisotopic (exact) mass is 276 g/mol. The van der Waals surface area contributed by atoms with Crippen LogP contribution in [0.25, 0.3) is 5.69 Å². The first-order chi connectivity index (χ1) is 9.72. The summed E-state index contributed by atoms with van der Waals surface area (Å²) in [6.45, 7) is 0.133. The molecule has 0 saturated carbocycles. The third-order valence-electron chi connectivity index (χ3n) is 3.93. The molecule has 0 aliphatic carbocycles. The Bertz CT molecular complexity index is 773. The molecule has 2 aromatic rings. The fourth-order valence-electron chi connectivity index (χ4n) is 2.91. The molecule has 0 spiro atoms. The number of fused-ring (bicyclic) bond motifs is 2. The molecule has 1 saturated heterocycles. The van der Waals surface area contributed by atoms with Gasteiger partial charge in [-0.25, -0.2) is 23.5 Å². The molecule has 104 valence electrons. The molecule has 0 amide bonds. The lowest BCUT2D eigenvalue weighted by atomic mass is 10.3. The van der Waals surface area contributed by atoms with Gasteiger partial charge in [-0.1, -0.05) is 18.2 Å². The molecule has 0 radical (unpaired) electrons. The van der Waals surface area contributed by atoms with E-state index in [1.54, 1.807) is 24.3 Å². The minimum Gasteiger partial charge on any atom is -0.394 e. The van der Waals surface area contributed by atoms with Crippen molar-refractivity contribution in [1.29, 1.82) is 0 Å². The minimum absolute atomic E-state index is 0.0733. The SMILES string of the molecule is O=c1n(-c2ccccc2)c(=O)n2n1C[C@@H]1O[C@@H]1[13C@H]2CO. The lowest BCUT2D eigenvalue weighted by Crippen LogP contribution is -2.40. The molecule has 3 atom stereocenters. The number of aliphatic hydroxyl groups is 1. The number of hydrogen-bond acceptors (Lipinski definition) is 4. The highest BCUT2D eigenvalue weighted by Crippen LogP contribution is 2.36. The van der Waals surface area contributed by atoms with Crippen molar-refractivity contribution >= 4 is 0 Å². The predicted molar refractivity (Wildman–Crippen MR) is 69.1 cm³/mol. The van der Waals surface area contributed by atoms with Gasteiger partial charge in [-0.15, -0.1) is 0 Å². The lowest BCUT2D eigenvalue weighted by molar-refractivity contribution is 0.169. The Balaban J connectivity index is 1.97. The molecule has 2 aliphatic heterocycles. The molecule has 1 aromatic heterocycles. The minimum atomic E-state index is -0.487. The summed E-state index contributed by atoms with van der Waals surface area (Å²) < 4.78 is 9.21. The van der Waals surface area contributed by atoms with E-state index in [4.69, 9.17) is 4.74 Å². The normalized spacial score (nSPS) is 26.9. The molecular weight excluding hydrogens is 263 g/mol. The lowest BCUT2D eigenvalue weighted by Gasteiger charge is -2.19. The van der Waals surface area contributed by atoms with Crippen molar-refractivity contribution in [2.45, 2.75) is 24.8 Å². The van der Waals surface area contributed by atoms with Gasteiger partial charge in [0.2, 0.25) is 0 Å². The zero-order valence-corrected chi connectivity index (χ0v) is 10.5. The Morgan fingerprint density at radius 3 is 2.65 bits per heavy atom. The summed E-state index contributed by atoms with van der Waals surface area (Å²) in [4.78, 5) is 24.9. The number of rotatable bonds is 2. The van der Waals surface area contributed by atoms with E-state index in [2.05, 4.69) is 0 Å². The van der Waals surface area contributed by atoms with Crippen molar-refractivity contribution in [3.63, 3.8) is 0 Å². The van der Waals surface area contributed by atoms with Crippen LogP contribution >= 0.6 is 0 Å². The Labute approximate surface area is 113 Å². The van der Waals surface area contributed by atoms with E-state index in [0.29, 0.717) is 12.2 Å². The van der Waals surface area contributed by atoms with E-state index in [9.17, 15) is 14.7 Å². The Hall–Kier alpha value is -2.12. The van der Waals surface area contributed by atoms with E-state index in [1.807, 2.05) is 6.07 Å². The Kier molecular flexibility index (Phi) is 2.30. The summed E-state index contributed by atoms with van der Waals surface area (Å²) >= 11 is 0. The van der Waals surface area contributed by atoms with E-state index >= 15 is 0 Å². The van der Waals surface area contributed by atoms with Crippen LogP contribution < -0.4 is 11.4 Å². The van der Waals surface area contributed by atoms with Gasteiger partial charge >= 0.3 is 11.4 Å². The number of hydrogen-bond donors (Lipinski definition) is 1.